The molecule has 1 aromatic carbocycles. The number of carbonyl (C=O) groups is 1. The molecule has 1 atom stereocenters. The molecule has 0 saturated heterocycles. The Balaban J connectivity index is 2.24. The Morgan fingerprint density at radius 2 is 1.90 bits per heavy atom. The van der Waals surface area contributed by atoms with Crippen molar-refractivity contribution >= 4 is 11.6 Å². The van der Waals surface area contributed by atoms with E-state index in [0.717, 1.165) is 23.6 Å². The highest BCUT2D eigenvalue weighted by Gasteiger charge is 2.08. The summed E-state index contributed by atoms with van der Waals surface area (Å²) in [5.41, 5.74) is 7.69. The van der Waals surface area contributed by atoms with E-state index in [1.165, 1.54) is 12.8 Å². The van der Waals surface area contributed by atoms with Gasteiger partial charge in [-0.3, -0.25) is 4.79 Å². The summed E-state index contributed by atoms with van der Waals surface area (Å²) >= 11 is 0. The minimum atomic E-state index is 0.116. The first-order chi connectivity index (χ1) is 9.49. The molecule has 0 aliphatic heterocycles. The number of nitrogens with two attached hydrogens (primary N) is 1. The fourth-order valence-corrected chi connectivity index (χ4v) is 2.26. The van der Waals surface area contributed by atoms with Gasteiger partial charge in [0, 0.05) is 18.2 Å². The van der Waals surface area contributed by atoms with Crippen LogP contribution in [0.3, 0.4) is 0 Å². The van der Waals surface area contributed by atoms with E-state index < -0.39 is 0 Å². The van der Waals surface area contributed by atoms with Crippen molar-refractivity contribution < 1.29 is 4.79 Å². The van der Waals surface area contributed by atoms with Gasteiger partial charge in [0.15, 0.2) is 0 Å². The van der Waals surface area contributed by atoms with Crippen LogP contribution in [0.1, 0.15) is 52.0 Å². The highest BCUT2D eigenvalue weighted by atomic mass is 16.1. The fourth-order valence-electron chi connectivity index (χ4n) is 2.26. The van der Waals surface area contributed by atoms with E-state index in [2.05, 4.69) is 26.1 Å². The van der Waals surface area contributed by atoms with Crippen LogP contribution in [0.25, 0.3) is 0 Å². The molecule has 1 unspecified atom stereocenters. The number of para-hydroxylation sites is 1. The van der Waals surface area contributed by atoms with Crippen molar-refractivity contribution in [3.8, 4) is 0 Å². The summed E-state index contributed by atoms with van der Waals surface area (Å²) in [6.07, 6.45) is 4.66. The topological polar surface area (TPSA) is 55.1 Å². The first kappa shape index (κ1) is 16.5. The Labute approximate surface area is 122 Å². The van der Waals surface area contributed by atoms with E-state index in [-0.39, 0.29) is 11.9 Å². The average molecular weight is 276 g/mol. The molecule has 0 heterocycles. The minimum Gasteiger partial charge on any atom is -0.399 e. The summed E-state index contributed by atoms with van der Waals surface area (Å²) < 4.78 is 0. The minimum absolute atomic E-state index is 0.116. The van der Waals surface area contributed by atoms with Gasteiger partial charge in [0.25, 0.3) is 0 Å². The SMILES string of the molecule is CC(C)CCCC(C)NC(=O)CCc1ccccc1N. The molecule has 1 aromatic rings. The maximum atomic E-state index is 11.9. The van der Waals surface area contributed by atoms with Gasteiger partial charge in [0.1, 0.15) is 0 Å². The summed E-state index contributed by atoms with van der Waals surface area (Å²) in [4.78, 5) is 11.9. The Morgan fingerprint density at radius 1 is 1.20 bits per heavy atom. The molecule has 3 N–H and O–H groups in total. The Hall–Kier alpha value is -1.51. The second kappa shape index (κ2) is 8.62. The van der Waals surface area contributed by atoms with Crippen LogP contribution in [0.4, 0.5) is 5.69 Å². The monoisotopic (exact) mass is 276 g/mol. The van der Waals surface area contributed by atoms with Gasteiger partial charge in [-0.25, -0.2) is 0 Å². The number of nitrogens with one attached hydrogen (secondary N) is 1. The molecule has 20 heavy (non-hydrogen) atoms. The Morgan fingerprint density at radius 3 is 2.55 bits per heavy atom. The van der Waals surface area contributed by atoms with E-state index in [0.29, 0.717) is 12.8 Å². The number of benzene rings is 1. The zero-order valence-corrected chi connectivity index (χ0v) is 13.0. The summed E-state index contributed by atoms with van der Waals surface area (Å²) in [5, 5.41) is 3.06. The van der Waals surface area contributed by atoms with Crippen molar-refractivity contribution in [3.63, 3.8) is 0 Å². The number of rotatable bonds is 8. The van der Waals surface area contributed by atoms with Crippen LogP contribution in [0.15, 0.2) is 24.3 Å². The molecular formula is C17H28N2O. The third-order valence-electron chi connectivity index (χ3n) is 3.50. The third kappa shape index (κ3) is 6.60. The average Bonchev–Trinajstić information content (AvgIpc) is 2.37. The van der Waals surface area contributed by atoms with E-state index in [1.807, 2.05) is 24.3 Å². The van der Waals surface area contributed by atoms with Gasteiger partial charge < -0.3 is 11.1 Å². The quantitative estimate of drug-likeness (QED) is 0.714. The molecule has 0 aliphatic rings. The number of amides is 1. The second-order valence-electron chi connectivity index (χ2n) is 5.99. The van der Waals surface area contributed by atoms with Crippen molar-refractivity contribution in [1.29, 1.82) is 0 Å². The van der Waals surface area contributed by atoms with Crippen molar-refractivity contribution in [2.75, 3.05) is 5.73 Å². The third-order valence-corrected chi connectivity index (χ3v) is 3.50. The van der Waals surface area contributed by atoms with Gasteiger partial charge in [-0.1, -0.05) is 44.9 Å². The van der Waals surface area contributed by atoms with Crippen molar-refractivity contribution in [1.82, 2.24) is 5.32 Å². The normalized spacial score (nSPS) is 12.4. The smallest absolute Gasteiger partial charge is 0.220 e. The molecule has 3 heteroatoms. The highest BCUT2D eigenvalue weighted by Crippen LogP contribution is 2.13. The molecule has 1 amide bonds. The summed E-state index contributed by atoms with van der Waals surface area (Å²) in [6, 6.07) is 7.99. The van der Waals surface area contributed by atoms with Crippen LogP contribution in [0.5, 0.6) is 0 Å². The number of nitrogen functional groups attached to an aromatic ring is 1. The lowest BCUT2D eigenvalue weighted by molar-refractivity contribution is -0.121. The summed E-state index contributed by atoms with van der Waals surface area (Å²) in [7, 11) is 0. The first-order valence-corrected chi connectivity index (χ1v) is 7.61. The van der Waals surface area contributed by atoms with Crippen LogP contribution < -0.4 is 11.1 Å². The first-order valence-electron chi connectivity index (χ1n) is 7.61. The molecule has 112 valence electrons. The summed E-state index contributed by atoms with van der Waals surface area (Å²) in [6.45, 7) is 6.54. The lowest BCUT2D eigenvalue weighted by Crippen LogP contribution is -2.32. The van der Waals surface area contributed by atoms with Crippen LogP contribution in [0.2, 0.25) is 0 Å². The standard InChI is InChI=1S/C17H28N2O/c1-13(2)7-6-8-14(3)19-17(20)12-11-15-9-4-5-10-16(15)18/h4-5,9-10,13-14H,6-8,11-12,18H2,1-3H3,(H,19,20). The Bertz CT molecular complexity index is 415. The van der Waals surface area contributed by atoms with Crippen LogP contribution in [-0.2, 0) is 11.2 Å². The van der Waals surface area contributed by atoms with Crippen molar-refractivity contribution in [3.05, 3.63) is 29.8 Å². The van der Waals surface area contributed by atoms with Crippen LogP contribution >= 0.6 is 0 Å². The van der Waals surface area contributed by atoms with E-state index in [4.69, 9.17) is 5.73 Å². The predicted molar refractivity (Wildman–Crippen MR) is 85.5 cm³/mol. The van der Waals surface area contributed by atoms with Crippen LogP contribution in [-0.4, -0.2) is 11.9 Å². The molecule has 0 bridgehead atoms. The maximum absolute atomic E-state index is 11.9. The van der Waals surface area contributed by atoms with E-state index in [9.17, 15) is 4.79 Å². The number of hydrogen-bond acceptors (Lipinski definition) is 2. The maximum Gasteiger partial charge on any atom is 0.220 e. The Kier molecular flexibility index (Phi) is 7.13. The van der Waals surface area contributed by atoms with Gasteiger partial charge in [-0.05, 0) is 37.3 Å². The zero-order chi connectivity index (χ0) is 15.0. The van der Waals surface area contributed by atoms with Crippen LogP contribution in [0, 0.1) is 5.92 Å². The van der Waals surface area contributed by atoms with Crippen molar-refractivity contribution in [2.45, 2.75) is 58.9 Å². The number of anilines is 1. The molecule has 0 fully saturated rings. The molecule has 3 nitrogen and oxygen atoms in total. The van der Waals surface area contributed by atoms with E-state index >= 15 is 0 Å². The molecule has 0 aliphatic carbocycles. The molecule has 0 saturated carbocycles. The van der Waals surface area contributed by atoms with Gasteiger partial charge in [0.05, 0.1) is 0 Å². The van der Waals surface area contributed by atoms with Gasteiger partial charge >= 0.3 is 0 Å². The number of carbonyl (C=O) groups excluding carboxylic acids is 1. The fraction of sp³-hybridized carbons (Fsp3) is 0.588. The molecule has 1 rings (SSSR count). The van der Waals surface area contributed by atoms with Gasteiger partial charge in [-0.2, -0.15) is 0 Å². The lowest BCUT2D eigenvalue weighted by Gasteiger charge is -2.14. The summed E-state index contributed by atoms with van der Waals surface area (Å²) in [5.74, 6) is 0.851. The lowest BCUT2D eigenvalue weighted by atomic mass is 10.0. The molecule has 0 spiro atoms. The largest absolute Gasteiger partial charge is 0.399 e. The highest BCUT2D eigenvalue weighted by molar-refractivity contribution is 5.76. The van der Waals surface area contributed by atoms with Crippen molar-refractivity contribution in [2.24, 2.45) is 5.92 Å². The second-order valence-corrected chi connectivity index (χ2v) is 5.99. The number of aryl methyl sites for hydroxylation is 1. The van der Waals surface area contributed by atoms with Gasteiger partial charge in [0.2, 0.25) is 5.91 Å². The zero-order valence-electron chi connectivity index (χ0n) is 13.0. The number of hydrogen-bond donors (Lipinski definition) is 2. The predicted octanol–water partition coefficient (Wildman–Crippen LogP) is 3.53. The molecule has 0 radical (unpaired) electrons. The molecule has 0 aromatic heterocycles. The van der Waals surface area contributed by atoms with Gasteiger partial charge in [-0.15, -0.1) is 0 Å². The molecular weight excluding hydrogens is 248 g/mol. The van der Waals surface area contributed by atoms with E-state index in [1.54, 1.807) is 0 Å².